The van der Waals surface area contributed by atoms with Crippen LogP contribution in [0, 0.1) is 40.6 Å². The van der Waals surface area contributed by atoms with E-state index in [1.165, 1.54) is 0 Å². The highest BCUT2D eigenvalue weighted by Crippen LogP contribution is 2.23. The Morgan fingerprint density at radius 2 is 1.94 bits per heavy atom. The fraction of sp³-hybridized carbons (Fsp3) is 0.333. The van der Waals surface area contributed by atoms with Crippen LogP contribution in [0.1, 0.15) is 5.56 Å². The van der Waals surface area contributed by atoms with Crippen LogP contribution in [0.25, 0.3) is 0 Å². The number of nitriles is 1. The Balaban J connectivity index is 2.24. The van der Waals surface area contributed by atoms with Crippen LogP contribution in [0.15, 0.2) is 12.1 Å². The monoisotopic (exact) mass is 254 g/mol. The van der Waals surface area contributed by atoms with Gasteiger partial charge in [0, 0.05) is 6.54 Å². The molecule has 1 fully saturated rings. The van der Waals surface area contributed by atoms with Gasteiger partial charge in [-0.3, -0.25) is 4.79 Å². The van der Waals surface area contributed by atoms with E-state index in [9.17, 15) is 18.0 Å². The molecule has 0 spiro atoms. The lowest BCUT2D eigenvalue weighted by molar-refractivity contribution is -0.122. The molecule has 2 rings (SSSR count). The minimum Gasteiger partial charge on any atom is -0.354 e. The van der Waals surface area contributed by atoms with Crippen molar-refractivity contribution in [1.82, 2.24) is 5.32 Å². The van der Waals surface area contributed by atoms with Gasteiger partial charge in [-0.15, -0.1) is 0 Å². The summed E-state index contributed by atoms with van der Waals surface area (Å²) in [5.74, 6) is -5.64. The summed E-state index contributed by atoms with van der Waals surface area (Å²) in [6.07, 6.45) is 0.0121. The summed E-state index contributed by atoms with van der Waals surface area (Å²) in [5, 5.41) is 11.3. The molecule has 3 nitrogen and oxygen atoms in total. The van der Waals surface area contributed by atoms with Gasteiger partial charge in [-0.2, -0.15) is 5.26 Å². The maximum absolute atomic E-state index is 13.0. The number of hydrogen-bond acceptors (Lipinski definition) is 2. The SMILES string of the molecule is N#CC1CNC(=O)C1Cc1cc(F)c(F)c(F)c1. The van der Waals surface area contributed by atoms with Gasteiger partial charge < -0.3 is 5.32 Å². The second-order valence-corrected chi connectivity index (χ2v) is 4.16. The molecular formula is C12H9F3N2O. The normalized spacial score (nSPS) is 22.7. The van der Waals surface area contributed by atoms with Gasteiger partial charge in [0.05, 0.1) is 17.9 Å². The minimum atomic E-state index is -1.54. The van der Waals surface area contributed by atoms with Crippen molar-refractivity contribution in [1.29, 1.82) is 5.26 Å². The van der Waals surface area contributed by atoms with Crippen LogP contribution in [0.5, 0.6) is 0 Å². The molecule has 1 aliphatic heterocycles. The van der Waals surface area contributed by atoms with E-state index < -0.39 is 29.3 Å². The third kappa shape index (κ3) is 2.16. The van der Waals surface area contributed by atoms with E-state index >= 15 is 0 Å². The van der Waals surface area contributed by atoms with Crippen molar-refractivity contribution in [2.45, 2.75) is 6.42 Å². The van der Waals surface area contributed by atoms with Gasteiger partial charge in [0.1, 0.15) is 0 Å². The van der Waals surface area contributed by atoms with Crippen LogP contribution in [0.2, 0.25) is 0 Å². The molecule has 18 heavy (non-hydrogen) atoms. The van der Waals surface area contributed by atoms with Crippen molar-refractivity contribution in [3.05, 3.63) is 35.1 Å². The summed E-state index contributed by atoms with van der Waals surface area (Å²) >= 11 is 0. The first kappa shape index (κ1) is 12.4. The van der Waals surface area contributed by atoms with Crippen molar-refractivity contribution in [3.63, 3.8) is 0 Å². The van der Waals surface area contributed by atoms with E-state index in [2.05, 4.69) is 5.32 Å². The predicted molar refractivity (Wildman–Crippen MR) is 55.6 cm³/mol. The van der Waals surface area contributed by atoms with Crippen molar-refractivity contribution >= 4 is 5.91 Å². The molecule has 1 amide bonds. The van der Waals surface area contributed by atoms with Gasteiger partial charge in [-0.05, 0) is 24.1 Å². The summed E-state index contributed by atoms with van der Waals surface area (Å²) < 4.78 is 38.8. The number of rotatable bonds is 2. The highest BCUT2D eigenvalue weighted by molar-refractivity contribution is 5.82. The van der Waals surface area contributed by atoms with Crippen LogP contribution in [0.4, 0.5) is 13.2 Å². The molecule has 1 saturated heterocycles. The summed E-state index contributed by atoms with van der Waals surface area (Å²) in [7, 11) is 0. The molecule has 0 bridgehead atoms. The fourth-order valence-electron chi connectivity index (χ4n) is 2.02. The predicted octanol–water partition coefficient (Wildman–Crippen LogP) is 1.53. The van der Waals surface area contributed by atoms with Gasteiger partial charge >= 0.3 is 0 Å². The third-order valence-corrected chi connectivity index (χ3v) is 2.98. The Labute approximate surface area is 101 Å². The molecule has 94 valence electrons. The summed E-state index contributed by atoms with van der Waals surface area (Å²) in [4.78, 5) is 11.5. The first-order valence-electron chi connectivity index (χ1n) is 5.33. The quantitative estimate of drug-likeness (QED) is 0.814. The molecule has 1 aromatic carbocycles. The van der Waals surface area contributed by atoms with Gasteiger partial charge in [-0.25, -0.2) is 13.2 Å². The average molecular weight is 254 g/mol. The Hall–Kier alpha value is -2.03. The van der Waals surface area contributed by atoms with Gasteiger partial charge in [0.15, 0.2) is 17.5 Å². The molecule has 1 N–H and O–H groups in total. The molecule has 0 aliphatic carbocycles. The van der Waals surface area contributed by atoms with E-state index in [4.69, 9.17) is 5.26 Å². The highest BCUT2D eigenvalue weighted by Gasteiger charge is 2.34. The summed E-state index contributed by atoms with van der Waals surface area (Å²) in [5.41, 5.74) is 0.161. The molecule has 2 atom stereocenters. The Morgan fingerprint density at radius 1 is 1.33 bits per heavy atom. The van der Waals surface area contributed by atoms with Crippen LogP contribution >= 0.6 is 0 Å². The van der Waals surface area contributed by atoms with Crippen molar-refractivity contribution in [2.75, 3.05) is 6.54 Å². The zero-order chi connectivity index (χ0) is 13.3. The van der Waals surface area contributed by atoms with E-state index in [-0.39, 0.29) is 24.4 Å². The lowest BCUT2D eigenvalue weighted by Gasteiger charge is -2.10. The number of nitrogens with one attached hydrogen (secondary N) is 1. The largest absolute Gasteiger partial charge is 0.354 e. The number of hydrogen-bond donors (Lipinski definition) is 1. The molecule has 0 radical (unpaired) electrons. The molecular weight excluding hydrogens is 245 g/mol. The van der Waals surface area contributed by atoms with Crippen LogP contribution < -0.4 is 5.32 Å². The maximum atomic E-state index is 13.0. The molecule has 6 heteroatoms. The molecule has 2 unspecified atom stereocenters. The van der Waals surface area contributed by atoms with E-state index in [0.29, 0.717) is 0 Å². The van der Waals surface area contributed by atoms with E-state index in [1.807, 2.05) is 6.07 Å². The number of halogens is 3. The Morgan fingerprint density at radius 3 is 2.50 bits per heavy atom. The Bertz CT molecular complexity index is 516. The van der Waals surface area contributed by atoms with Crippen molar-refractivity contribution in [2.24, 2.45) is 11.8 Å². The van der Waals surface area contributed by atoms with Crippen molar-refractivity contribution in [3.8, 4) is 6.07 Å². The van der Waals surface area contributed by atoms with Crippen LogP contribution in [-0.2, 0) is 11.2 Å². The number of amides is 1. The standard InChI is InChI=1S/C12H9F3N2O/c13-9-2-6(3-10(14)11(9)15)1-8-7(4-16)5-17-12(8)18/h2-3,7-8H,1,5H2,(H,17,18). The average Bonchev–Trinajstić information content (AvgIpc) is 2.67. The Kier molecular flexibility index (Phi) is 3.24. The van der Waals surface area contributed by atoms with Crippen LogP contribution in [-0.4, -0.2) is 12.5 Å². The zero-order valence-corrected chi connectivity index (χ0v) is 9.21. The van der Waals surface area contributed by atoms with Gasteiger partial charge in [0.2, 0.25) is 5.91 Å². The molecule has 1 heterocycles. The lowest BCUT2D eigenvalue weighted by atomic mass is 9.90. The first-order valence-corrected chi connectivity index (χ1v) is 5.33. The third-order valence-electron chi connectivity index (χ3n) is 2.98. The minimum absolute atomic E-state index is 0.0121. The second kappa shape index (κ2) is 4.69. The molecule has 1 aliphatic rings. The van der Waals surface area contributed by atoms with Gasteiger partial charge in [-0.1, -0.05) is 0 Å². The number of carbonyl (C=O) groups excluding carboxylic acids is 1. The van der Waals surface area contributed by atoms with Crippen LogP contribution in [0.3, 0.4) is 0 Å². The van der Waals surface area contributed by atoms with E-state index in [0.717, 1.165) is 12.1 Å². The lowest BCUT2D eigenvalue weighted by Crippen LogP contribution is -2.21. The summed E-state index contributed by atoms with van der Waals surface area (Å²) in [6, 6.07) is 3.65. The summed E-state index contributed by atoms with van der Waals surface area (Å²) in [6.45, 7) is 0.228. The van der Waals surface area contributed by atoms with Crippen molar-refractivity contribution < 1.29 is 18.0 Å². The number of benzene rings is 1. The first-order chi connectivity index (χ1) is 8.52. The van der Waals surface area contributed by atoms with Gasteiger partial charge in [0.25, 0.3) is 0 Å². The molecule has 0 saturated carbocycles. The number of carbonyl (C=O) groups is 1. The maximum Gasteiger partial charge on any atom is 0.224 e. The number of nitrogens with zero attached hydrogens (tertiary/aromatic N) is 1. The van der Waals surface area contributed by atoms with E-state index in [1.54, 1.807) is 0 Å². The molecule has 0 aromatic heterocycles. The zero-order valence-electron chi connectivity index (χ0n) is 9.21. The second-order valence-electron chi connectivity index (χ2n) is 4.16. The topological polar surface area (TPSA) is 52.9 Å². The highest BCUT2D eigenvalue weighted by atomic mass is 19.2. The fourth-order valence-corrected chi connectivity index (χ4v) is 2.02. The molecule has 1 aromatic rings. The smallest absolute Gasteiger partial charge is 0.224 e.